The van der Waals surface area contributed by atoms with E-state index in [2.05, 4.69) is 15.5 Å². The summed E-state index contributed by atoms with van der Waals surface area (Å²) in [4.78, 5) is 43.2. The lowest BCUT2D eigenvalue weighted by Gasteiger charge is -2.34. The molecule has 1 unspecified atom stereocenters. The van der Waals surface area contributed by atoms with Crippen LogP contribution in [0.5, 0.6) is 28.7 Å². The van der Waals surface area contributed by atoms with E-state index in [1.165, 1.54) is 6.92 Å². The van der Waals surface area contributed by atoms with Gasteiger partial charge in [0.25, 0.3) is 0 Å². The lowest BCUT2D eigenvalue weighted by atomic mass is 9.95. The molecule has 2 heterocycles. The Labute approximate surface area is 273 Å². The zero-order chi connectivity index (χ0) is 33.1. The molecule has 0 aromatic heterocycles. The third-order valence-corrected chi connectivity index (χ3v) is 8.91. The van der Waals surface area contributed by atoms with Gasteiger partial charge in [0, 0.05) is 45.2 Å². The van der Waals surface area contributed by atoms with Gasteiger partial charge in [-0.05, 0) is 65.4 Å². The van der Waals surface area contributed by atoms with Crippen molar-refractivity contribution in [1.82, 2.24) is 15.1 Å². The highest BCUT2D eigenvalue weighted by atomic mass is 16.7. The molecular formula is C35H40N4O8. The van der Waals surface area contributed by atoms with Crippen LogP contribution < -0.4 is 39.7 Å². The number of anilines is 1. The first-order valence-electron chi connectivity index (χ1n) is 15.7. The largest absolute Gasteiger partial charge is 0.493 e. The second-order valence-corrected chi connectivity index (χ2v) is 11.8. The number of piperazine rings is 1. The van der Waals surface area contributed by atoms with Crippen LogP contribution in [0.4, 0.5) is 5.69 Å². The van der Waals surface area contributed by atoms with Gasteiger partial charge in [-0.15, -0.1) is 0 Å². The minimum absolute atomic E-state index is 0.0217. The number of carbonyl (C=O) groups excluding carboxylic acids is 2. The van der Waals surface area contributed by atoms with Gasteiger partial charge in [-0.2, -0.15) is 0 Å². The molecule has 0 radical (unpaired) electrons. The quantitative estimate of drug-likeness (QED) is 0.358. The van der Waals surface area contributed by atoms with Gasteiger partial charge in [0.1, 0.15) is 0 Å². The molecule has 0 bridgehead atoms. The van der Waals surface area contributed by atoms with Gasteiger partial charge < -0.3 is 39.2 Å². The standard InChI is InChI=1S/C35H40N4O8/c1-21(40)37-26-8-6-23-16-31(43-2)34(44-3)35(45-4)33(23)24-7-9-27(28(41)17-25(24)26)36-18-32(42)39-13-11-38(12-14-39)19-22-5-10-29-30(15-22)47-20-46-29/h5,7,9-10,15-17,26H,6,8,11-14,18-20H2,1-4H3,(H,36,41)(H,37,40). The van der Waals surface area contributed by atoms with Crippen LogP contribution in [-0.2, 0) is 22.6 Å². The highest BCUT2D eigenvalue weighted by Crippen LogP contribution is 2.50. The van der Waals surface area contributed by atoms with Crippen molar-refractivity contribution in [2.75, 3.05) is 66.2 Å². The van der Waals surface area contributed by atoms with Gasteiger partial charge >= 0.3 is 0 Å². The normalized spacial score (nSPS) is 16.8. The summed E-state index contributed by atoms with van der Waals surface area (Å²) >= 11 is 0. The van der Waals surface area contributed by atoms with E-state index >= 15 is 0 Å². The number of benzene rings is 2. The van der Waals surface area contributed by atoms with E-state index in [1.54, 1.807) is 33.5 Å². The second-order valence-electron chi connectivity index (χ2n) is 11.8. The van der Waals surface area contributed by atoms with Crippen molar-refractivity contribution < 1.29 is 33.3 Å². The first-order valence-corrected chi connectivity index (χ1v) is 15.7. The van der Waals surface area contributed by atoms with Gasteiger partial charge in [-0.3, -0.25) is 19.3 Å². The van der Waals surface area contributed by atoms with Crippen LogP contribution >= 0.6 is 0 Å². The average Bonchev–Trinajstić information content (AvgIpc) is 3.42. The van der Waals surface area contributed by atoms with E-state index in [0.29, 0.717) is 48.7 Å². The number of methoxy groups -OCH3 is 3. The van der Waals surface area contributed by atoms with Gasteiger partial charge in [0.15, 0.2) is 23.0 Å². The molecule has 2 aliphatic heterocycles. The molecule has 2 N–H and O–H groups in total. The predicted octanol–water partition coefficient (Wildman–Crippen LogP) is 3.35. The topological polar surface area (TPSA) is 128 Å². The van der Waals surface area contributed by atoms with E-state index in [9.17, 15) is 14.4 Å². The minimum atomic E-state index is -0.417. The fraction of sp³-hybridized carbons (Fsp3) is 0.400. The van der Waals surface area contributed by atoms with Crippen LogP contribution in [0.3, 0.4) is 0 Å². The van der Waals surface area contributed by atoms with Crippen molar-refractivity contribution in [2.45, 2.75) is 32.4 Å². The van der Waals surface area contributed by atoms with Crippen molar-refractivity contribution in [2.24, 2.45) is 0 Å². The number of fused-ring (bicyclic) bond motifs is 4. The van der Waals surface area contributed by atoms with E-state index in [0.717, 1.165) is 53.4 Å². The van der Waals surface area contributed by atoms with Gasteiger partial charge in [0.05, 0.1) is 39.6 Å². The molecule has 12 nitrogen and oxygen atoms in total. The molecule has 1 aliphatic carbocycles. The number of nitrogens with one attached hydrogen (secondary N) is 2. The first kappa shape index (κ1) is 32.0. The SMILES string of the molecule is COc1cc2c(c(OC)c1OC)-c1ccc(NCC(=O)N3CCN(Cc4ccc5c(c4)OCO5)CC3)c(=O)cc1C(NC(C)=O)CC2. The van der Waals surface area contributed by atoms with Crippen LogP contribution in [0, 0.1) is 0 Å². The van der Waals surface area contributed by atoms with E-state index < -0.39 is 6.04 Å². The maximum absolute atomic E-state index is 13.6. The Bertz CT molecular complexity index is 1740. The number of amides is 2. The van der Waals surface area contributed by atoms with Crippen LogP contribution in [0.1, 0.15) is 36.1 Å². The molecule has 0 saturated carbocycles. The Morgan fingerprint density at radius 1 is 0.915 bits per heavy atom. The molecule has 1 saturated heterocycles. The molecule has 12 heteroatoms. The molecular weight excluding hydrogens is 604 g/mol. The fourth-order valence-electron chi connectivity index (χ4n) is 6.59. The predicted molar refractivity (Wildman–Crippen MR) is 176 cm³/mol. The molecule has 47 heavy (non-hydrogen) atoms. The Morgan fingerprint density at radius 2 is 1.68 bits per heavy atom. The smallest absolute Gasteiger partial charge is 0.241 e. The fourth-order valence-corrected chi connectivity index (χ4v) is 6.59. The molecule has 3 aromatic carbocycles. The number of ether oxygens (including phenoxy) is 5. The van der Waals surface area contributed by atoms with Crippen LogP contribution in [0.25, 0.3) is 11.1 Å². The van der Waals surface area contributed by atoms with Crippen molar-refractivity contribution in [3.05, 3.63) is 69.4 Å². The summed E-state index contributed by atoms with van der Waals surface area (Å²) in [7, 11) is 4.67. The zero-order valence-corrected chi connectivity index (χ0v) is 27.1. The molecule has 3 aromatic rings. The number of rotatable bonds is 9. The average molecular weight is 645 g/mol. The Hall–Kier alpha value is -4.97. The van der Waals surface area contributed by atoms with Crippen molar-refractivity contribution >= 4 is 17.5 Å². The van der Waals surface area contributed by atoms with Crippen LogP contribution in [-0.4, -0.2) is 82.5 Å². The van der Waals surface area contributed by atoms with Crippen LogP contribution in [0.15, 0.2) is 47.3 Å². The highest BCUT2D eigenvalue weighted by molar-refractivity contribution is 5.84. The summed E-state index contributed by atoms with van der Waals surface area (Å²) in [6, 6.07) is 12.5. The lowest BCUT2D eigenvalue weighted by Crippen LogP contribution is -2.49. The highest BCUT2D eigenvalue weighted by Gasteiger charge is 2.30. The monoisotopic (exact) mass is 644 g/mol. The number of hydrogen-bond donors (Lipinski definition) is 2. The second kappa shape index (κ2) is 13.8. The summed E-state index contributed by atoms with van der Waals surface area (Å²) in [6.45, 7) is 5.09. The third-order valence-electron chi connectivity index (χ3n) is 8.91. The van der Waals surface area contributed by atoms with Gasteiger partial charge in [-0.1, -0.05) is 12.1 Å². The summed E-state index contributed by atoms with van der Waals surface area (Å²) in [5.74, 6) is 2.69. The first-order chi connectivity index (χ1) is 22.8. The Kier molecular flexibility index (Phi) is 9.39. The summed E-state index contributed by atoms with van der Waals surface area (Å²) < 4.78 is 28.0. The van der Waals surface area contributed by atoms with Gasteiger partial charge in [-0.25, -0.2) is 0 Å². The van der Waals surface area contributed by atoms with Crippen molar-refractivity contribution in [3.8, 4) is 39.9 Å². The number of aryl methyl sites for hydroxylation is 1. The Balaban J connectivity index is 1.19. The Morgan fingerprint density at radius 3 is 2.40 bits per heavy atom. The number of nitrogens with zero attached hydrogens (tertiary/aromatic N) is 2. The third kappa shape index (κ3) is 6.64. The van der Waals surface area contributed by atoms with E-state index in [-0.39, 0.29) is 36.3 Å². The molecule has 6 rings (SSSR count). The van der Waals surface area contributed by atoms with E-state index in [4.69, 9.17) is 23.7 Å². The van der Waals surface area contributed by atoms with Crippen molar-refractivity contribution in [1.29, 1.82) is 0 Å². The number of hydrogen-bond acceptors (Lipinski definition) is 10. The van der Waals surface area contributed by atoms with Crippen LogP contribution in [0.2, 0.25) is 0 Å². The molecule has 1 fully saturated rings. The molecule has 2 amide bonds. The summed E-state index contributed by atoms with van der Waals surface area (Å²) in [5, 5.41) is 6.10. The lowest BCUT2D eigenvalue weighted by molar-refractivity contribution is -0.131. The maximum Gasteiger partial charge on any atom is 0.241 e. The minimum Gasteiger partial charge on any atom is -0.493 e. The summed E-state index contributed by atoms with van der Waals surface area (Å²) in [5.41, 5.74) is 4.23. The molecule has 3 aliphatic rings. The zero-order valence-electron chi connectivity index (χ0n) is 27.1. The van der Waals surface area contributed by atoms with Crippen molar-refractivity contribution in [3.63, 3.8) is 0 Å². The molecule has 248 valence electrons. The summed E-state index contributed by atoms with van der Waals surface area (Å²) in [6.07, 6.45) is 1.16. The molecule has 0 spiro atoms. The van der Waals surface area contributed by atoms with Gasteiger partial charge in [0.2, 0.25) is 29.8 Å². The molecule has 1 atom stereocenters. The number of carbonyl (C=O) groups is 2. The maximum atomic E-state index is 13.6. The van der Waals surface area contributed by atoms with E-state index in [1.807, 2.05) is 35.2 Å².